The van der Waals surface area contributed by atoms with E-state index in [0.29, 0.717) is 5.88 Å². The number of nitrogens with zero attached hydrogens (tertiary/aromatic N) is 2. The van der Waals surface area contributed by atoms with E-state index in [2.05, 4.69) is 30.1 Å². The lowest BCUT2D eigenvalue weighted by molar-refractivity contribution is 0.884. The minimum Gasteiger partial charge on any atom is -0.143 e. The number of halogens is 1. The number of hydrogen-bond donors (Lipinski definition) is 0. The molecule has 0 atom stereocenters. The fraction of sp³-hybridized carbons (Fsp3) is 0.455. The van der Waals surface area contributed by atoms with E-state index in [4.69, 9.17) is 11.6 Å². The molecule has 2 aromatic rings. The molecule has 0 fully saturated rings. The summed E-state index contributed by atoms with van der Waals surface area (Å²) >= 11 is 9.12. The van der Waals surface area contributed by atoms with Gasteiger partial charge in [-0.15, -0.1) is 33.1 Å². The second kappa shape index (κ2) is 5.25. The summed E-state index contributed by atoms with van der Waals surface area (Å²) in [4.78, 5) is 2.58. The van der Waals surface area contributed by atoms with Crippen LogP contribution in [0, 0.1) is 13.8 Å². The normalized spacial score (nSPS) is 10.9. The van der Waals surface area contributed by atoms with Gasteiger partial charge in [0.25, 0.3) is 0 Å². The van der Waals surface area contributed by atoms with Crippen LogP contribution in [-0.2, 0) is 6.42 Å². The van der Waals surface area contributed by atoms with Crippen molar-refractivity contribution in [2.45, 2.75) is 26.7 Å². The molecule has 86 valence electrons. The Labute approximate surface area is 108 Å². The summed E-state index contributed by atoms with van der Waals surface area (Å²) < 4.78 is 0. The molecule has 5 heteroatoms. The van der Waals surface area contributed by atoms with Gasteiger partial charge in [0, 0.05) is 17.2 Å². The molecular weight excluding hydrogens is 260 g/mol. The van der Waals surface area contributed by atoms with Crippen LogP contribution >= 0.6 is 34.3 Å². The summed E-state index contributed by atoms with van der Waals surface area (Å²) in [7, 11) is 0. The average Bonchev–Trinajstić information content (AvgIpc) is 2.84. The van der Waals surface area contributed by atoms with Gasteiger partial charge in [-0.2, -0.15) is 0 Å². The average molecular weight is 273 g/mol. The maximum atomic E-state index is 5.66. The van der Waals surface area contributed by atoms with E-state index in [1.54, 1.807) is 22.7 Å². The van der Waals surface area contributed by atoms with E-state index in [1.807, 2.05) is 0 Å². The Kier molecular flexibility index (Phi) is 3.95. The molecular formula is C11H13ClN2S2. The standard InChI is InChI=1S/C11H13ClN2S2/c1-7-6-9(15-8(7)2)11-14-13-10(16-11)4-3-5-12/h6H,3-5H2,1-2H3. The number of hydrogen-bond acceptors (Lipinski definition) is 4. The van der Waals surface area contributed by atoms with Crippen molar-refractivity contribution < 1.29 is 0 Å². The zero-order valence-corrected chi connectivity index (χ0v) is 11.7. The van der Waals surface area contributed by atoms with Gasteiger partial charge in [-0.05, 0) is 31.9 Å². The van der Waals surface area contributed by atoms with Crippen LogP contribution in [0.25, 0.3) is 9.88 Å². The molecule has 2 heterocycles. The fourth-order valence-corrected chi connectivity index (χ4v) is 3.44. The molecule has 0 saturated carbocycles. The molecule has 0 aromatic carbocycles. The van der Waals surface area contributed by atoms with Crippen LogP contribution < -0.4 is 0 Å². The van der Waals surface area contributed by atoms with E-state index in [0.717, 1.165) is 22.9 Å². The van der Waals surface area contributed by atoms with E-state index in [1.165, 1.54) is 15.3 Å². The van der Waals surface area contributed by atoms with Gasteiger partial charge in [0.15, 0.2) is 5.01 Å². The van der Waals surface area contributed by atoms with Gasteiger partial charge >= 0.3 is 0 Å². The molecule has 0 aliphatic carbocycles. The number of aromatic nitrogens is 2. The highest BCUT2D eigenvalue weighted by atomic mass is 35.5. The number of rotatable bonds is 4. The van der Waals surface area contributed by atoms with Crippen LogP contribution in [0.4, 0.5) is 0 Å². The summed E-state index contributed by atoms with van der Waals surface area (Å²) in [6, 6.07) is 2.19. The third-order valence-electron chi connectivity index (χ3n) is 2.37. The monoisotopic (exact) mass is 272 g/mol. The molecule has 0 saturated heterocycles. The minimum atomic E-state index is 0.687. The van der Waals surface area contributed by atoms with Crippen LogP contribution in [0.5, 0.6) is 0 Å². The Morgan fingerprint density at radius 2 is 2.06 bits per heavy atom. The maximum Gasteiger partial charge on any atom is 0.157 e. The Morgan fingerprint density at radius 1 is 1.25 bits per heavy atom. The Balaban J connectivity index is 2.18. The predicted molar refractivity (Wildman–Crippen MR) is 71.7 cm³/mol. The van der Waals surface area contributed by atoms with Gasteiger partial charge in [-0.1, -0.05) is 11.3 Å². The summed E-state index contributed by atoms with van der Waals surface area (Å²) in [5.74, 6) is 0.687. The fourth-order valence-electron chi connectivity index (χ4n) is 1.35. The van der Waals surface area contributed by atoms with Gasteiger partial charge in [-0.3, -0.25) is 0 Å². The zero-order chi connectivity index (χ0) is 11.5. The van der Waals surface area contributed by atoms with E-state index in [-0.39, 0.29) is 0 Å². The number of thiophene rings is 1. The van der Waals surface area contributed by atoms with Crippen LogP contribution in [-0.4, -0.2) is 16.1 Å². The van der Waals surface area contributed by atoms with Crippen LogP contribution in [0.3, 0.4) is 0 Å². The Bertz CT molecular complexity index is 457. The molecule has 0 aliphatic rings. The summed E-state index contributed by atoms with van der Waals surface area (Å²) in [5.41, 5.74) is 1.33. The van der Waals surface area contributed by atoms with E-state index >= 15 is 0 Å². The highest BCUT2D eigenvalue weighted by Gasteiger charge is 2.09. The maximum absolute atomic E-state index is 5.66. The molecule has 0 spiro atoms. The molecule has 0 radical (unpaired) electrons. The summed E-state index contributed by atoms with van der Waals surface area (Å²) in [5, 5.41) is 10.5. The van der Waals surface area contributed by atoms with Crippen molar-refractivity contribution in [3.63, 3.8) is 0 Å². The first-order chi connectivity index (χ1) is 7.70. The zero-order valence-electron chi connectivity index (χ0n) is 9.29. The van der Waals surface area contributed by atoms with Crippen molar-refractivity contribution in [3.8, 4) is 9.88 Å². The lowest BCUT2D eigenvalue weighted by Crippen LogP contribution is -1.84. The van der Waals surface area contributed by atoms with Crippen LogP contribution in [0.15, 0.2) is 6.07 Å². The van der Waals surface area contributed by atoms with Crippen molar-refractivity contribution in [2.75, 3.05) is 5.88 Å². The second-order valence-corrected chi connectivity index (χ2v) is 6.34. The highest BCUT2D eigenvalue weighted by molar-refractivity contribution is 7.21. The van der Waals surface area contributed by atoms with Gasteiger partial charge in [0.05, 0.1) is 4.88 Å². The van der Waals surface area contributed by atoms with Crippen LogP contribution in [0.2, 0.25) is 0 Å². The smallest absolute Gasteiger partial charge is 0.143 e. The topological polar surface area (TPSA) is 25.8 Å². The first-order valence-corrected chi connectivity index (χ1v) is 7.33. The molecule has 2 rings (SSSR count). The SMILES string of the molecule is Cc1cc(-c2nnc(CCCCl)s2)sc1C. The van der Waals surface area contributed by atoms with Crippen molar-refractivity contribution in [1.29, 1.82) is 0 Å². The van der Waals surface area contributed by atoms with Crippen LogP contribution in [0.1, 0.15) is 21.9 Å². The Hall–Kier alpha value is -0.450. The summed E-state index contributed by atoms with van der Waals surface area (Å²) in [6.45, 7) is 4.27. The minimum absolute atomic E-state index is 0.687. The molecule has 16 heavy (non-hydrogen) atoms. The van der Waals surface area contributed by atoms with Gasteiger partial charge in [-0.25, -0.2) is 0 Å². The van der Waals surface area contributed by atoms with Gasteiger partial charge < -0.3 is 0 Å². The molecule has 0 bridgehead atoms. The number of aryl methyl sites for hydroxylation is 3. The quantitative estimate of drug-likeness (QED) is 0.785. The lowest BCUT2D eigenvalue weighted by Gasteiger charge is -1.88. The third-order valence-corrected chi connectivity index (χ3v) is 4.94. The first-order valence-electron chi connectivity index (χ1n) is 5.16. The van der Waals surface area contributed by atoms with Crippen molar-refractivity contribution >= 4 is 34.3 Å². The molecule has 0 aliphatic heterocycles. The second-order valence-electron chi connectivity index (χ2n) is 3.64. The summed E-state index contributed by atoms with van der Waals surface area (Å²) in [6.07, 6.45) is 1.91. The lowest BCUT2D eigenvalue weighted by atomic mass is 10.3. The third kappa shape index (κ3) is 2.62. The first kappa shape index (κ1) is 12.0. The molecule has 2 aromatic heterocycles. The van der Waals surface area contributed by atoms with Crippen molar-refractivity contribution in [2.24, 2.45) is 0 Å². The predicted octanol–water partition coefficient (Wildman–Crippen LogP) is 4.05. The van der Waals surface area contributed by atoms with Gasteiger partial charge in [0.2, 0.25) is 0 Å². The largest absolute Gasteiger partial charge is 0.157 e. The number of alkyl halides is 1. The van der Waals surface area contributed by atoms with Gasteiger partial charge in [0.1, 0.15) is 5.01 Å². The van der Waals surface area contributed by atoms with Crippen molar-refractivity contribution in [1.82, 2.24) is 10.2 Å². The van der Waals surface area contributed by atoms with E-state index < -0.39 is 0 Å². The molecule has 0 amide bonds. The highest BCUT2D eigenvalue weighted by Crippen LogP contribution is 2.32. The van der Waals surface area contributed by atoms with E-state index in [9.17, 15) is 0 Å². The van der Waals surface area contributed by atoms with Crippen molar-refractivity contribution in [3.05, 3.63) is 21.5 Å². The Morgan fingerprint density at radius 3 is 2.69 bits per heavy atom. The molecule has 2 nitrogen and oxygen atoms in total. The molecule has 0 N–H and O–H groups in total. The molecule has 0 unspecified atom stereocenters.